The number of hydrogen-bond acceptors (Lipinski definition) is 3. The van der Waals surface area contributed by atoms with Crippen molar-refractivity contribution in [2.45, 2.75) is 26.3 Å². The van der Waals surface area contributed by atoms with Gasteiger partial charge in [0.15, 0.2) is 0 Å². The molecule has 1 N–H and O–H groups in total. The Kier molecular flexibility index (Phi) is 3.13. The highest BCUT2D eigenvalue weighted by molar-refractivity contribution is 5.97. The first-order chi connectivity index (χ1) is 8.06. The predicted molar refractivity (Wildman–Crippen MR) is 62.8 cm³/mol. The van der Waals surface area contributed by atoms with E-state index in [1.807, 2.05) is 25.1 Å². The maximum absolute atomic E-state index is 11.8. The van der Waals surface area contributed by atoms with Gasteiger partial charge in [-0.25, -0.2) is 0 Å². The first kappa shape index (κ1) is 11.6. The highest BCUT2D eigenvalue weighted by Gasteiger charge is 2.24. The SMILES string of the molecule is CC(=O)OCC1Cc2cc(C)ccc2C(=O)N1. The third-order valence-electron chi connectivity index (χ3n) is 2.79. The van der Waals surface area contributed by atoms with Crippen LogP contribution in [0.3, 0.4) is 0 Å². The van der Waals surface area contributed by atoms with Gasteiger partial charge in [0.05, 0.1) is 6.04 Å². The number of fused-ring (bicyclic) bond motifs is 1. The zero-order valence-electron chi connectivity index (χ0n) is 9.95. The highest BCUT2D eigenvalue weighted by Crippen LogP contribution is 2.18. The zero-order chi connectivity index (χ0) is 12.4. The average molecular weight is 233 g/mol. The van der Waals surface area contributed by atoms with Gasteiger partial charge in [-0.15, -0.1) is 0 Å². The van der Waals surface area contributed by atoms with Crippen molar-refractivity contribution in [3.63, 3.8) is 0 Å². The molecule has 1 aliphatic heterocycles. The lowest BCUT2D eigenvalue weighted by molar-refractivity contribution is -0.141. The average Bonchev–Trinajstić information content (AvgIpc) is 2.25. The number of amides is 1. The second-order valence-corrected chi connectivity index (χ2v) is 4.34. The number of nitrogens with one attached hydrogen (secondary N) is 1. The van der Waals surface area contributed by atoms with Gasteiger partial charge < -0.3 is 10.1 Å². The number of hydrogen-bond donors (Lipinski definition) is 1. The molecule has 2 rings (SSSR count). The molecule has 90 valence electrons. The summed E-state index contributed by atoms with van der Waals surface area (Å²) in [5.41, 5.74) is 2.87. The quantitative estimate of drug-likeness (QED) is 0.781. The minimum atomic E-state index is -0.325. The first-order valence-corrected chi connectivity index (χ1v) is 5.60. The molecule has 0 saturated heterocycles. The summed E-state index contributed by atoms with van der Waals surface area (Å²) in [4.78, 5) is 22.5. The lowest BCUT2D eigenvalue weighted by Crippen LogP contribution is -2.44. The van der Waals surface area contributed by atoms with E-state index in [1.54, 1.807) is 0 Å². The van der Waals surface area contributed by atoms with E-state index >= 15 is 0 Å². The molecular weight excluding hydrogens is 218 g/mol. The fraction of sp³-hybridized carbons (Fsp3) is 0.385. The van der Waals surface area contributed by atoms with Crippen LogP contribution in [0.1, 0.15) is 28.4 Å². The molecule has 1 heterocycles. The van der Waals surface area contributed by atoms with Crippen LogP contribution < -0.4 is 5.32 Å². The number of rotatable bonds is 2. The Morgan fingerprint density at radius 2 is 2.29 bits per heavy atom. The van der Waals surface area contributed by atoms with Crippen LogP contribution in [0.15, 0.2) is 18.2 Å². The molecule has 1 aromatic carbocycles. The standard InChI is InChI=1S/C13H15NO3/c1-8-3-4-12-10(5-8)6-11(14-13(12)16)7-17-9(2)15/h3-5,11H,6-7H2,1-2H3,(H,14,16). The Balaban J connectivity index is 2.14. The fourth-order valence-corrected chi connectivity index (χ4v) is 2.01. The van der Waals surface area contributed by atoms with Crippen LogP contribution in [0.4, 0.5) is 0 Å². The minimum absolute atomic E-state index is 0.0941. The Hall–Kier alpha value is -1.84. The fourth-order valence-electron chi connectivity index (χ4n) is 2.01. The second-order valence-electron chi connectivity index (χ2n) is 4.34. The number of carbonyl (C=O) groups is 2. The van der Waals surface area contributed by atoms with Crippen molar-refractivity contribution in [2.24, 2.45) is 0 Å². The molecule has 4 nitrogen and oxygen atoms in total. The highest BCUT2D eigenvalue weighted by atomic mass is 16.5. The van der Waals surface area contributed by atoms with Crippen LogP contribution in [-0.4, -0.2) is 24.5 Å². The molecular formula is C13H15NO3. The van der Waals surface area contributed by atoms with E-state index in [-0.39, 0.29) is 24.5 Å². The lowest BCUT2D eigenvalue weighted by atomic mass is 9.94. The van der Waals surface area contributed by atoms with Crippen molar-refractivity contribution >= 4 is 11.9 Å². The van der Waals surface area contributed by atoms with Gasteiger partial charge in [-0.05, 0) is 25.0 Å². The number of ether oxygens (including phenoxy) is 1. The summed E-state index contributed by atoms with van der Waals surface area (Å²) in [6.07, 6.45) is 0.704. The third-order valence-corrected chi connectivity index (χ3v) is 2.79. The first-order valence-electron chi connectivity index (χ1n) is 5.60. The predicted octanol–water partition coefficient (Wildman–Crippen LogP) is 1.21. The van der Waals surface area contributed by atoms with Gasteiger partial charge in [-0.3, -0.25) is 9.59 Å². The summed E-state index contributed by atoms with van der Waals surface area (Å²) in [7, 11) is 0. The Labute approximate surface area is 100.0 Å². The molecule has 1 atom stereocenters. The molecule has 0 spiro atoms. The van der Waals surface area contributed by atoms with Gasteiger partial charge in [0.1, 0.15) is 6.61 Å². The van der Waals surface area contributed by atoms with Crippen LogP contribution >= 0.6 is 0 Å². The number of carbonyl (C=O) groups excluding carboxylic acids is 2. The van der Waals surface area contributed by atoms with Crippen LogP contribution in [-0.2, 0) is 16.0 Å². The van der Waals surface area contributed by atoms with Crippen molar-refractivity contribution in [3.05, 3.63) is 34.9 Å². The zero-order valence-corrected chi connectivity index (χ0v) is 9.95. The maximum Gasteiger partial charge on any atom is 0.302 e. The van der Waals surface area contributed by atoms with E-state index in [9.17, 15) is 9.59 Å². The van der Waals surface area contributed by atoms with Gasteiger partial charge in [-0.2, -0.15) is 0 Å². The van der Waals surface area contributed by atoms with E-state index in [4.69, 9.17) is 4.74 Å². The maximum atomic E-state index is 11.8. The molecule has 0 aliphatic carbocycles. The van der Waals surface area contributed by atoms with Crippen molar-refractivity contribution in [2.75, 3.05) is 6.61 Å². The summed E-state index contributed by atoms with van der Waals surface area (Å²) in [6.45, 7) is 3.59. The normalized spacial score (nSPS) is 18.2. The Bertz CT molecular complexity index is 468. The van der Waals surface area contributed by atoms with E-state index in [2.05, 4.69) is 5.32 Å². The van der Waals surface area contributed by atoms with Gasteiger partial charge in [0.2, 0.25) is 0 Å². The monoisotopic (exact) mass is 233 g/mol. The third kappa shape index (κ3) is 2.64. The van der Waals surface area contributed by atoms with Crippen LogP contribution in [0.5, 0.6) is 0 Å². The van der Waals surface area contributed by atoms with Crippen LogP contribution in [0, 0.1) is 6.92 Å². The van der Waals surface area contributed by atoms with Crippen LogP contribution in [0.2, 0.25) is 0 Å². The summed E-state index contributed by atoms with van der Waals surface area (Å²) in [6, 6.07) is 5.64. The van der Waals surface area contributed by atoms with Crippen molar-refractivity contribution < 1.29 is 14.3 Å². The molecule has 0 bridgehead atoms. The number of esters is 1. The molecule has 0 fully saturated rings. The molecule has 1 amide bonds. The van der Waals surface area contributed by atoms with Crippen molar-refractivity contribution in [3.8, 4) is 0 Å². The summed E-state index contributed by atoms with van der Waals surface area (Å²) < 4.78 is 4.92. The second kappa shape index (κ2) is 4.57. The van der Waals surface area contributed by atoms with Gasteiger partial charge in [0.25, 0.3) is 5.91 Å². The molecule has 0 saturated carbocycles. The molecule has 1 aliphatic rings. The van der Waals surface area contributed by atoms with Gasteiger partial charge >= 0.3 is 5.97 Å². The van der Waals surface area contributed by atoms with E-state index in [1.165, 1.54) is 6.92 Å². The lowest BCUT2D eigenvalue weighted by Gasteiger charge is -2.25. The van der Waals surface area contributed by atoms with Crippen molar-refractivity contribution in [1.82, 2.24) is 5.32 Å². The largest absolute Gasteiger partial charge is 0.464 e. The molecule has 0 aromatic heterocycles. The molecule has 4 heteroatoms. The van der Waals surface area contributed by atoms with Gasteiger partial charge in [-0.1, -0.05) is 17.7 Å². The molecule has 0 radical (unpaired) electrons. The summed E-state index contributed by atoms with van der Waals surface area (Å²) in [5.74, 6) is -0.419. The van der Waals surface area contributed by atoms with Crippen molar-refractivity contribution in [1.29, 1.82) is 0 Å². The molecule has 1 aromatic rings. The smallest absolute Gasteiger partial charge is 0.302 e. The minimum Gasteiger partial charge on any atom is -0.464 e. The number of aryl methyl sites for hydroxylation is 1. The van der Waals surface area contributed by atoms with E-state index in [0.29, 0.717) is 6.42 Å². The van der Waals surface area contributed by atoms with Crippen LogP contribution in [0.25, 0.3) is 0 Å². The Morgan fingerprint density at radius 3 is 3.00 bits per heavy atom. The van der Waals surface area contributed by atoms with E-state index < -0.39 is 0 Å². The summed E-state index contributed by atoms with van der Waals surface area (Å²) in [5, 5.41) is 2.83. The Morgan fingerprint density at radius 1 is 1.53 bits per heavy atom. The number of benzene rings is 1. The van der Waals surface area contributed by atoms with E-state index in [0.717, 1.165) is 16.7 Å². The molecule has 1 unspecified atom stereocenters. The van der Waals surface area contributed by atoms with Gasteiger partial charge in [0, 0.05) is 12.5 Å². The topological polar surface area (TPSA) is 55.4 Å². The molecule has 17 heavy (non-hydrogen) atoms. The summed E-state index contributed by atoms with van der Waals surface area (Å²) >= 11 is 0.